The van der Waals surface area contributed by atoms with Crippen molar-refractivity contribution in [3.05, 3.63) is 34.9 Å². The van der Waals surface area contributed by atoms with Gasteiger partial charge in [-0.1, -0.05) is 29.8 Å². The highest BCUT2D eigenvalue weighted by Gasteiger charge is 2.25. The summed E-state index contributed by atoms with van der Waals surface area (Å²) in [5.74, 6) is 0.648. The second-order valence-electron chi connectivity index (χ2n) is 4.04. The second kappa shape index (κ2) is 4.97. The molecule has 2 nitrogen and oxygen atoms in total. The van der Waals surface area contributed by atoms with Crippen molar-refractivity contribution in [2.45, 2.75) is 12.5 Å². The Morgan fingerprint density at radius 3 is 2.87 bits per heavy atom. The monoisotopic (exact) mass is 224 g/mol. The zero-order chi connectivity index (χ0) is 10.7. The summed E-state index contributed by atoms with van der Waals surface area (Å²) in [5.41, 5.74) is 1.22. The van der Waals surface area contributed by atoms with Crippen LogP contribution in [-0.2, 0) is 0 Å². The van der Waals surface area contributed by atoms with Crippen LogP contribution in [0.2, 0.25) is 5.02 Å². The highest BCUT2D eigenvalue weighted by atomic mass is 35.5. The van der Waals surface area contributed by atoms with E-state index in [4.69, 9.17) is 11.6 Å². The predicted octanol–water partition coefficient (Wildman–Crippen LogP) is 2.21. The lowest BCUT2D eigenvalue weighted by atomic mass is 9.92. The minimum Gasteiger partial charge on any atom is -0.316 e. The van der Waals surface area contributed by atoms with Gasteiger partial charge in [-0.15, -0.1) is 0 Å². The van der Waals surface area contributed by atoms with Crippen LogP contribution in [0.25, 0.3) is 0 Å². The Hall–Kier alpha value is -0.570. The molecule has 1 aromatic rings. The molecular formula is C12H17ClN2. The smallest absolute Gasteiger partial charge is 0.0453 e. The minimum absolute atomic E-state index is 0.369. The van der Waals surface area contributed by atoms with Gasteiger partial charge in [-0.2, -0.15) is 0 Å². The SMILES string of the molecule is CNC(c1ccccc1Cl)C1CCNC1. The minimum atomic E-state index is 0.369. The summed E-state index contributed by atoms with van der Waals surface area (Å²) in [4.78, 5) is 0. The summed E-state index contributed by atoms with van der Waals surface area (Å²) >= 11 is 6.22. The quantitative estimate of drug-likeness (QED) is 0.823. The van der Waals surface area contributed by atoms with Gasteiger partial charge < -0.3 is 10.6 Å². The summed E-state index contributed by atoms with van der Waals surface area (Å²) in [6.45, 7) is 2.20. The van der Waals surface area contributed by atoms with E-state index in [2.05, 4.69) is 16.7 Å². The molecule has 82 valence electrons. The maximum atomic E-state index is 6.22. The standard InChI is InChI=1S/C12H17ClN2/c1-14-12(9-6-7-15-8-9)10-4-2-3-5-11(10)13/h2-5,9,12,14-15H,6-8H2,1H3. The number of nitrogens with one attached hydrogen (secondary N) is 2. The molecule has 2 atom stereocenters. The summed E-state index contributed by atoms with van der Waals surface area (Å²) in [5, 5.41) is 7.63. The molecule has 0 saturated carbocycles. The molecule has 0 aromatic heterocycles. The molecule has 0 amide bonds. The van der Waals surface area contributed by atoms with Crippen molar-refractivity contribution >= 4 is 11.6 Å². The van der Waals surface area contributed by atoms with E-state index in [-0.39, 0.29) is 0 Å². The average molecular weight is 225 g/mol. The molecule has 2 rings (SSSR count). The number of hydrogen-bond donors (Lipinski definition) is 2. The fourth-order valence-corrected chi connectivity index (χ4v) is 2.59. The first-order chi connectivity index (χ1) is 7.33. The van der Waals surface area contributed by atoms with Gasteiger partial charge in [-0.3, -0.25) is 0 Å². The summed E-state index contributed by atoms with van der Waals surface area (Å²) in [6.07, 6.45) is 1.22. The Balaban J connectivity index is 2.22. The zero-order valence-corrected chi connectivity index (χ0v) is 9.72. The number of hydrogen-bond acceptors (Lipinski definition) is 2. The average Bonchev–Trinajstić information content (AvgIpc) is 2.75. The highest BCUT2D eigenvalue weighted by Crippen LogP contribution is 2.30. The molecule has 0 bridgehead atoms. The Morgan fingerprint density at radius 2 is 2.27 bits per heavy atom. The van der Waals surface area contributed by atoms with E-state index in [1.54, 1.807) is 0 Å². The topological polar surface area (TPSA) is 24.1 Å². The predicted molar refractivity (Wildman–Crippen MR) is 64.2 cm³/mol. The second-order valence-corrected chi connectivity index (χ2v) is 4.45. The molecule has 0 radical (unpaired) electrons. The van der Waals surface area contributed by atoms with Crippen LogP contribution in [0.3, 0.4) is 0 Å². The molecule has 0 spiro atoms. The Morgan fingerprint density at radius 1 is 1.47 bits per heavy atom. The van der Waals surface area contributed by atoms with Gasteiger partial charge in [-0.05, 0) is 44.1 Å². The van der Waals surface area contributed by atoms with Crippen molar-refractivity contribution in [1.29, 1.82) is 0 Å². The van der Waals surface area contributed by atoms with Gasteiger partial charge in [0, 0.05) is 11.1 Å². The van der Waals surface area contributed by atoms with Crippen LogP contribution in [0.15, 0.2) is 24.3 Å². The first kappa shape index (κ1) is 10.9. The first-order valence-corrected chi connectivity index (χ1v) is 5.83. The van der Waals surface area contributed by atoms with Crippen molar-refractivity contribution < 1.29 is 0 Å². The van der Waals surface area contributed by atoms with Gasteiger partial charge in [0.25, 0.3) is 0 Å². The molecule has 1 fully saturated rings. The van der Waals surface area contributed by atoms with Gasteiger partial charge in [0.1, 0.15) is 0 Å². The molecule has 1 saturated heterocycles. The van der Waals surface area contributed by atoms with Crippen LogP contribution in [-0.4, -0.2) is 20.1 Å². The Labute approximate surface area is 96.0 Å². The van der Waals surface area contributed by atoms with Gasteiger partial charge in [0.15, 0.2) is 0 Å². The van der Waals surface area contributed by atoms with E-state index >= 15 is 0 Å². The zero-order valence-electron chi connectivity index (χ0n) is 8.96. The first-order valence-electron chi connectivity index (χ1n) is 5.45. The summed E-state index contributed by atoms with van der Waals surface area (Å²) < 4.78 is 0. The van der Waals surface area contributed by atoms with E-state index in [1.165, 1.54) is 12.0 Å². The molecule has 3 heteroatoms. The fourth-order valence-electron chi connectivity index (χ4n) is 2.33. The lowest BCUT2D eigenvalue weighted by molar-refractivity contribution is 0.410. The van der Waals surface area contributed by atoms with Gasteiger partial charge >= 0.3 is 0 Å². The molecule has 2 N–H and O–H groups in total. The maximum Gasteiger partial charge on any atom is 0.0453 e. The van der Waals surface area contributed by atoms with Crippen LogP contribution in [0.5, 0.6) is 0 Å². The fraction of sp³-hybridized carbons (Fsp3) is 0.500. The van der Waals surface area contributed by atoms with Crippen molar-refractivity contribution in [2.24, 2.45) is 5.92 Å². The Bertz CT molecular complexity index is 321. The molecule has 0 aliphatic carbocycles. The van der Waals surface area contributed by atoms with Crippen LogP contribution < -0.4 is 10.6 Å². The third-order valence-corrected chi connectivity index (χ3v) is 3.47. The van der Waals surface area contributed by atoms with Crippen LogP contribution >= 0.6 is 11.6 Å². The third-order valence-electron chi connectivity index (χ3n) is 3.12. The maximum absolute atomic E-state index is 6.22. The van der Waals surface area contributed by atoms with E-state index in [9.17, 15) is 0 Å². The molecule has 1 aromatic carbocycles. The van der Waals surface area contributed by atoms with Crippen LogP contribution in [0, 0.1) is 5.92 Å². The van der Waals surface area contributed by atoms with Crippen molar-refractivity contribution in [3.63, 3.8) is 0 Å². The number of rotatable bonds is 3. The molecule has 2 unspecified atom stereocenters. The van der Waals surface area contributed by atoms with Crippen molar-refractivity contribution in [3.8, 4) is 0 Å². The van der Waals surface area contributed by atoms with Gasteiger partial charge in [-0.25, -0.2) is 0 Å². The molecule has 15 heavy (non-hydrogen) atoms. The largest absolute Gasteiger partial charge is 0.316 e. The number of halogens is 1. The highest BCUT2D eigenvalue weighted by molar-refractivity contribution is 6.31. The van der Waals surface area contributed by atoms with Crippen LogP contribution in [0.1, 0.15) is 18.0 Å². The summed E-state index contributed by atoms with van der Waals surface area (Å²) in [7, 11) is 2.01. The van der Waals surface area contributed by atoms with E-state index < -0.39 is 0 Å². The van der Waals surface area contributed by atoms with E-state index in [0.717, 1.165) is 18.1 Å². The molecule has 1 aliphatic heterocycles. The van der Waals surface area contributed by atoms with Gasteiger partial charge in [0.05, 0.1) is 0 Å². The van der Waals surface area contributed by atoms with Crippen molar-refractivity contribution in [1.82, 2.24) is 10.6 Å². The van der Waals surface area contributed by atoms with E-state index in [0.29, 0.717) is 12.0 Å². The number of benzene rings is 1. The molecular weight excluding hydrogens is 208 g/mol. The lowest BCUT2D eigenvalue weighted by Gasteiger charge is -2.23. The van der Waals surface area contributed by atoms with Crippen molar-refractivity contribution in [2.75, 3.05) is 20.1 Å². The van der Waals surface area contributed by atoms with Crippen LogP contribution in [0.4, 0.5) is 0 Å². The lowest BCUT2D eigenvalue weighted by Crippen LogP contribution is -2.27. The normalized spacial score (nSPS) is 22.9. The van der Waals surface area contributed by atoms with E-state index in [1.807, 2.05) is 25.2 Å². The third kappa shape index (κ3) is 2.33. The molecule has 1 heterocycles. The Kier molecular flexibility index (Phi) is 3.62. The summed E-state index contributed by atoms with van der Waals surface area (Å²) in [6, 6.07) is 8.47. The molecule has 1 aliphatic rings. The van der Waals surface area contributed by atoms with Gasteiger partial charge in [0.2, 0.25) is 0 Å².